The van der Waals surface area contributed by atoms with Crippen LogP contribution >= 0.6 is 0 Å². The van der Waals surface area contributed by atoms with Crippen molar-refractivity contribution in [3.8, 4) is 0 Å². The van der Waals surface area contributed by atoms with E-state index in [2.05, 4.69) is 25.9 Å². The van der Waals surface area contributed by atoms with E-state index in [0.717, 1.165) is 5.92 Å². The third-order valence-corrected chi connectivity index (χ3v) is 4.83. The van der Waals surface area contributed by atoms with E-state index in [0.29, 0.717) is 10.8 Å². The molecule has 0 aliphatic heterocycles. The molecule has 2 saturated carbocycles. The van der Waals surface area contributed by atoms with Crippen LogP contribution < -0.4 is 0 Å². The first-order chi connectivity index (χ1) is 6.38. The van der Waals surface area contributed by atoms with Crippen molar-refractivity contribution in [2.24, 2.45) is 21.8 Å². The Hall–Kier alpha value is -0.530. The Morgan fingerprint density at radius 2 is 1.93 bits per heavy atom. The van der Waals surface area contributed by atoms with E-state index in [1.165, 1.54) is 25.0 Å². The minimum atomic E-state index is 0.363. The van der Waals surface area contributed by atoms with Gasteiger partial charge in [0.05, 0.1) is 0 Å². The maximum absolute atomic E-state index is 4.68. The minimum Gasteiger partial charge on any atom is -0.303 e. The predicted octanol–water partition coefficient (Wildman–Crippen LogP) is 2.75. The molecule has 2 bridgehead atoms. The van der Waals surface area contributed by atoms with Crippen molar-refractivity contribution in [2.45, 2.75) is 40.0 Å². The van der Waals surface area contributed by atoms with Crippen LogP contribution in [0.5, 0.6) is 0 Å². The Morgan fingerprint density at radius 1 is 1.29 bits per heavy atom. The molecule has 0 aromatic carbocycles. The maximum Gasteiger partial charge on any atom is 0.0447 e. The highest BCUT2D eigenvalue weighted by molar-refractivity contribution is 5.94. The summed E-state index contributed by atoms with van der Waals surface area (Å²) in [6.07, 6.45) is 3.95. The van der Waals surface area contributed by atoms with Gasteiger partial charge in [0.15, 0.2) is 0 Å². The molecule has 0 aromatic heterocycles. The Morgan fingerprint density at radius 3 is 2.29 bits per heavy atom. The number of nitrogens with zero attached hydrogens (tertiary/aromatic N) is 2. The molecule has 0 amide bonds. The Bertz CT molecular complexity index is 278. The van der Waals surface area contributed by atoms with Gasteiger partial charge in [-0.1, -0.05) is 20.8 Å². The van der Waals surface area contributed by atoms with Gasteiger partial charge in [-0.3, -0.25) is 0 Å². The molecule has 2 aliphatic rings. The van der Waals surface area contributed by atoms with E-state index in [-0.39, 0.29) is 0 Å². The van der Waals surface area contributed by atoms with Gasteiger partial charge in [-0.15, -0.1) is 0 Å². The van der Waals surface area contributed by atoms with Gasteiger partial charge < -0.3 is 5.01 Å². The molecule has 0 N–H and O–H groups in total. The van der Waals surface area contributed by atoms with Crippen LogP contribution in [-0.4, -0.2) is 24.8 Å². The van der Waals surface area contributed by atoms with Crippen molar-refractivity contribution in [1.82, 2.24) is 5.01 Å². The van der Waals surface area contributed by atoms with Crippen LogP contribution in [0.25, 0.3) is 0 Å². The fourth-order valence-electron chi connectivity index (χ4n) is 3.32. The summed E-state index contributed by atoms with van der Waals surface area (Å²) in [5.41, 5.74) is 2.26. The quantitative estimate of drug-likeness (QED) is 0.586. The number of hydrogen-bond acceptors (Lipinski definition) is 2. The van der Waals surface area contributed by atoms with Crippen molar-refractivity contribution in [3.63, 3.8) is 0 Å². The summed E-state index contributed by atoms with van der Waals surface area (Å²) in [6.45, 7) is 7.24. The van der Waals surface area contributed by atoms with Crippen LogP contribution in [0.3, 0.4) is 0 Å². The average molecular weight is 194 g/mol. The number of rotatable bonds is 1. The van der Waals surface area contributed by atoms with Crippen molar-refractivity contribution in [3.05, 3.63) is 0 Å². The van der Waals surface area contributed by atoms with Gasteiger partial charge in [0.2, 0.25) is 0 Å². The fourth-order valence-corrected chi connectivity index (χ4v) is 3.32. The SMILES string of the molecule is CN(C)/N=C1/C[C@H]2CC[C@@]1(C)C2(C)C. The first kappa shape index (κ1) is 10.0. The zero-order chi connectivity index (χ0) is 10.6. The highest BCUT2D eigenvalue weighted by atomic mass is 15.4. The Kier molecular flexibility index (Phi) is 1.96. The average Bonchev–Trinajstić information content (AvgIpc) is 2.35. The van der Waals surface area contributed by atoms with E-state index in [9.17, 15) is 0 Å². The van der Waals surface area contributed by atoms with Crippen molar-refractivity contribution >= 4 is 5.71 Å². The lowest BCUT2D eigenvalue weighted by molar-refractivity contribution is 0.192. The van der Waals surface area contributed by atoms with Gasteiger partial charge in [0.1, 0.15) is 0 Å². The second-order valence-corrected chi connectivity index (χ2v) is 5.89. The van der Waals surface area contributed by atoms with Crippen molar-refractivity contribution in [1.29, 1.82) is 0 Å². The zero-order valence-electron chi connectivity index (χ0n) is 10.1. The van der Waals surface area contributed by atoms with Crippen LogP contribution in [0.4, 0.5) is 0 Å². The lowest BCUT2D eigenvalue weighted by Gasteiger charge is -2.34. The molecular weight excluding hydrogens is 172 g/mol. The maximum atomic E-state index is 4.68. The van der Waals surface area contributed by atoms with Crippen LogP contribution in [-0.2, 0) is 0 Å². The fraction of sp³-hybridized carbons (Fsp3) is 0.917. The van der Waals surface area contributed by atoms with Gasteiger partial charge in [-0.25, -0.2) is 0 Å². The third kappa shape index (κ3) is 1.06. The summed E-state index contributed by atoms with van der Waals surface area (Å²) in [7, 11) is 4.05. The first-order valence-electron chi connectivity index (χ1n) is 5.63. The molecule has 2 fully saturated rings. The molecule has 2 heteroatoms. The third-order valence-electron chi connectivity index (χ3n) is 4.83. The van der Waals surface area contributed by atoms with Crippen molar-refractivity contribution in [2.75, 3.05) is 14.1 Å². The number of hydrazone groups is 1. The standard InChI is InChI=1S/C12H22N2/c1-11(2)9-6-7-12(11,3)10(8-9)13-14(4)5/h9H,6-8H2,1-5H3/b13-10-/t9-,12-/m1/s1. The van der Waals surface area contributed by atoms with Crippen LogP contribution in [0.15, 0.2) is 5.10 Å². The second kappa shape index (κ2) is 2.74. The summed E-state index contributed by atoms with van der Waals surface area (Å²) in [5.74, 6) is 0.867. The Balaban J connectivity index is 2.36. The molecule has 2 nitrogen and oxygen atoms in total. The van der Waals surface area contributed by atoms with E-state index < -0.39 is 0 Å². The topological polar surface area (TPSA) is 15.6 Å². The van der Waals surface area contributed by atoms with Gasteiger partial charge >= 0.3 is 0 Å². The number of hydrogen-bond donors (Lipinski definition) is 0. The predicted molar refractivity (Wildman–Crippen MR) is 60.4 cm³/mol. The van der Waals surface area contributed by atoms with Crippen LogP contribution in [0.1, 0.15) is 40.0 Å². The van der Waals surface area contributed by atoms with Crippen LogP contribution in [0.2, 0.25) is 0 Å². The molecule has 2 rings (SSSR count). The second-order valence-electron chi connectivity index (χ2n) is 5.89. The molecule has 0 aromatic rings. The van der Waals surface area contributed by atoms with Crippen LogP contribution in [0, 0.1) is 16.7 Å². The van der Waals surface area contributed by atoms with Gasteiger partial charge in [0, 0.05) is 25.2 Å². The zero-order valence-corrected chi connectivity index (χ0v) is 10.1. The Labute approximate surface area is 87.4 Å². The normalized spacial score (nSPS) is 42.1. The molecular formula is C12H22N2. The smallest absolute Gasteiger partial charge is 0.0447 e. The highest BCUT2D eigenvalue weighted by Crippen LogP contribution is 2.63. The van der Waals surface area contributed by atoms with Crippen molar-refractivity contribution < 1.29 is 0 Å². The lowest BCUT2D eigenvalue weighted by atomic mass is 9.70. The first-order valence-corrected chi connectivity index (χ1v) is 5.63. The summed E-state index contributed by atoms with van der Waals surface area (Å²) in [5, 5.41) is 6.63. The summed E-state index contributed by atoms with van der Waals surface area (Å²) in [4.78, 5) is 0. The van der Waals surface area contributed by atoms with E-state index in [1.807, 2.05) is 19.1 Å². The molecule has 80 valence electrons. The molecule has 0 spiro atoms. The monoisotopic (exact) mass is 194 g/mol. The molecule has 0 radical (unpaired) electrons. The van der Waals surface area contributed by atoms with E-state index in [1.54, 1.807) is 0 Å². The summed E-state index contributed by atoms with van der Waals surface area (Å²) in [6, 6.07) is 0. The highest BCUT2D eigenvalue weighted by Gasteiger charge is 2.59. The summed E-state index contributed by atoms with van der Waals surface area (Å²) < 4.78 is 0. The molecule has 2 atom stereocenters. The minimum absolute atomic E-state index is 0.363. The molecule has 14 heavy (non-hydrogen) atoms. The summed E-state index contributed by atoms with van der Waals surface area (Å²) >= 11 is 0. The molecule has 0 saturated heterocycles. The van der Waals surface area contributed by atoms with Gasteiger partial charge in [-0.2, -0.15) is 5.10 Å². The van der Waals surface area contributed by atoms with Gasteiger partial charge in [-0.05, 0) is 30.6 Å². The molecule has 0 heterocycles. The van der Waals surface area contributed by atoms with Gasteiger partial charge in [0.25, 0.3) is 0 Å². The van der Waals surface area contributed by atoms with E-state index in [4.69, 9.17) is 0 Å². The molecule has 2 aliphatic carbocycles. The number of fused-ring (bicyclic) bond motifs is 2. The van der Waals surface area contributed by atoms with E-state index >= 15 is 0 Å². The largest absolute Gasteiger partial charge is 0.303 e. The lowest BCUT2D eigenvalue weighted by Crippen LogP contribution is -2.33. The molecule has 0 unspecified atom stereocenters.